The lowest BCUT2D eigenvalue weighted by Gasteiger charge is -2.31. The molecule has 2 rings (SSSR count). The number of hydrogen-bond acceptors (Lipinski definition) is 1. The molecule has 17 heavy (non-hydrogen) atoms. The van der Waals surface area contributed by atoms with Crippen molar-refractivity contribution in [1.29, 1.82) is 0 Å². The Balaban J connectivity index is 2.39. The summed E-state index contributed by atoms with van der Waals surface area (Å²) in [5.41, 5.74) is 0.0856. The maximum absolute atomic E-state index is 11.7. The van der Waals surface area contributed by atoms with E-state index in [-0.39, 0.29) is 5.92 Å². The predicted molar refractivity (Wildman–Crippen MR) is 68.4 cm³/mol. The van der Waals surface area contributed by atoms with E-state index in [1.165, 1.54) is 0 Å². The van der Waals surface area contributed by atoms with Gasteiger partial charge in [0, 0.05) is 5.02 Å². The fourth-order valence-corrected chi connectivity index (χ4v) is 2.96. The highest BCUT2D eigenvalue weighted by Crippen LogP contribution is 2.42. The number of rotatable bonds is 3. The number of aliphatic carboxylic acids is 1. The van der Waals surface area contributed by atoms with Crippen molar-refractivity contribution >= 4 is 17.6 Å². The van der Waals surface area contributed by atoms with Crippen molar-refractivity contribution < 1.29 is 9.90 Å². The molecule has 1 aromatic rings. The summed E-state index contributed by atoms with van der Waals surface area (Å²) in [5.74, 6) is -0.493. The van der Waals surface area contributed by atoms with Gasteiger partial charge in [-0.25, -0.2) is 0 Å². The largest absolute Gasteiger partial charge is 0.481 e. The fraction of sp³-hybridized carbons (Fsp3) is 0.500. The van der Waals surface area contributed by atoms with Crippen LogP contribution in [0.25, 0.3) is 0 Å². The van der Waals surface area contributed by atoms with Crippen molar-refractivity contribution in [3.8, 4) is 0 Å². The molecule has 0 bridgehead atoms. The predicted octanol–water partition coefficient (Wildman–Crippen LogP) is 3.87. The molecule has 1 aliphatic rings. The first-order chi connectivity index (χ1) is 8.05. The summed E-state index contributed by atoms with van der Waals surface area (Å²) >= 11 is 5.85. The molecular weight excluding hydrogens is 236 g/mol. The second kappa shape index (κ2) is 4.69. The molecule has 92 valence electrons. The van der Waals surface area contributed by atoms with Gasteiger partial charge < -0.3 is 5.11 Å². The Morgan fingerprint density at radius 3 is 2.29 bits per heavy atom. The van der Waals surface area contributed by atoms with Crippen LogP contribution in [-0.2, 0) is 10.2 Å². The molecule has 1 fully saturated rings. The lowest BCUT2D eigenvalue weighted by atomic mass is 9.71. The van der Waals surface area contributed by atoms with Crippen LogP contribution in [0.4, 0.5) is 0 Å². The van der Waals surface area contributed by atoms with Gasteiger partial charge in [0.2, 0.25) is 0 Å². The van der Waals surface area contributed by atoms with Gasteiger partial charge in [0.25, 0.3) is 0 Å². The Labute approximate surface area is 107 Å². The van der Waals surface area contributed by atoms with Crippen LogP contribution in [0.3, 0.4) is 0 Å². The normalized spacial score (nSPS) is 20.1. The van der Waals surface area contributed by atoms with Gasteiger partial charge in [0.05, 0.1) is 5.41 Å². The summed E-state index contributed by atoms with van der Waals surface area (Å²) in [6, 6.07) is 7.23. The van der Waals surface area contributed by atoms with Crippen molar-refractivity contribution in [2.45, 2.75) is 38.0 Å². The van der Waals surface area contributed by atoms with Gasteiger partial charge in [-0.1, -0.05) is 36.6 Å². The highest BCUT2D eigenvalue weighted by molar-refractivity contribution is 6.30. The Hall–Kier alpha value is -1.02. The van der Waals surface area contributed by atoms with Crippen molar-refractivity contribution in [2.24, 2.45) is 5.92 Å². The van der Waals surface area contributed by atoms with E-state index >= 15 is 0 Å². The second-order valence-corrected chi connectivity index (χ2v) is 5.43. The number of halogens is 1. The number of carbonyl (C=O) groups is 1. The maximum atomic E-state index is 11.7. The van der Waals surface area contributed by atoms with E-state index in [0.29, 0.717) is 5.02 Å². The van der Waals surface area contributed by atoms with Gasteiger partial charge in [-0.05, 0) is 43.4 Å². The first-order valence-corrected chi connectivity index (χ1v) is 6.42. The van der Waals surface area contributed by atoms with Gasteiger partial charge in [0.1, 0.15) is 0 Å². The molecule has 0 radical (unpaired) electrons. The highest BCUT2D eigenvalue weighted by atomic mass is 35.5. The first-order valence-electron chi connectivity index (χ1n) is 6.04. The third-order valence-corrected chi connectivity index (χ3v) is 4.31. The minimum atomic E-state index is -0.777. The Morgan fingerprint density at radius 1 is 1.29 bits per heavy atom. The summed E-state index contributed by atoms with van der Waals surface area (Å²) in [6.45, 7) is 1.84. The molecule has 0 heterocycles. The van der Waals surface area contributed by atoms with Gasteiger partial charge in [-0.3, -0.25) is 4.79 Å². The molecule has 0 aliphatic heterocycles. The van der Waals surface area contributed by atoms with E-state index in [1.54, 1.807) is 12.1 Å². The zero-order chi connectivity index (χ0) is 12.5. The molecule has 1 N–H and O–H groups in total. The van der Waals surface area contributed by atoms with Gasteiger partial charge in [-0.15, -0.1) is 0 Å². The van der Waals surface area contributed by atoms with Crippen LogP contribution in [0, 0.1) is 5.92 Å². The third kappa shape index (κ3) is 2.19. The van der Waals surface area contributed by atoms with Gasteiger partial charge in [-0.2, -0.15) is 0 Å². The first kappa shape index (κ1) is 12.4. The van der Waals surface area contributed by atoms with Crippen molar-refractivity contribution in [3.63, 3.8) is 0 Å². The average Bonchev–Trinajstić information content (AvgIpc) is 2.82. The van der Waals surface area contributed by atoms with E-state index in [1.807, 2.05) is 19.1 Å². The second-order valence-electron chi connectivity index (χ2n) is 5.00. The maximum Gasteiger partial charge on any atom is 0.314 e. The topological polar surface area (TPSA) is 37.3 Å². The van der Waals surface area contributed by atoms with Gasteiger partial charge >= 0.3 is 5.97 Å². The number of carboxylic acids is 1. The Morgan fingerprint density at radius 2 is 1.82 bits per heavy atom. The quantitative estimate of drug-likeness (QED) is 0.887. The van der Waals surface area contributed by atoms with Crippen molar-refractivity contribution in [3.05, 3.63) is 34.9 Å². The van der Waals surface area contributed by atoms with Crippen LogP contribution in [0.2, 0.25) is 5.02 Å². The third-order valence-electron chi connectivity index (χ3n) is 4.06. The highest BCUT2D eigenvalue weighted by Gasteiger charge is 2.43. The number of carboxylic acid groups (broad SMARTS) is 1. The van der Waals surface area contributed by atoms with Crippen LogP contribution in [0.15, 0.2) is 24.3 Å². The Bertz CT molecular complexity index is 407. The van der Waals surface area contributed by atoms with Crippen LogP contribution in [-0.4, -0.2) is 11.1 Å². The molecule has 3 heteroatoms. The van der Waals surface area contributed by atoms with Gasteiger partial charge in [0.15, 0.2) is 0 Å². The molecule has 0 aromatic heterocycles. The smallest absolute Gasteiger partial charge is 0.314 e. The molecule has 2 nitrogen and oxygen atoms in total. The van der Waals surface area contributed by atoms with E-state index in [9.17, 15) is 9.90 Å². The fourth-order valence-electron chi connectivity index (χ4n) is 2.83. The van der Waals surface area contributed by atoms with Crippen LogP contribution >= 0.6 is 11.6 Å². The molecular formula is C14H17ClO2. The standard InChI is InChI=1S/C14H17ClO2/c1-14(13(16)17,10-4-2-3-5-10)11-6-8-12(15)9-7-11/h6-10H,2-5H2,1H3,(H,16,17). The summed E-state index contributed by atoms with van der Waals surface area (Å²) in [6.07, 6.45) is 4.29. The molecule has 0 saturated heterocycles. The summed E-state index contributed by atoms with van der Waals surface area (Å²) in [5, 5.41) is 10.2. The molecule has 0 spiro atoms. The van der Waals surface area contributed by atoms with Crippen LogP contribution in [0.5, 0.6) is 0 Å². The number of benzene rings is 1. The number of hydrogen-bond donors (Lipinski definition) is 1. The van der Waals surface area contributed by atoms with Crippen LogP contribution in [0.1, 0.15) is 38.2 Å². The molecule has 0 amide bonds. The minimum Gasteiger partial charge on any atom is -0.481 e. The monoisotopic (exact) mass is 252 g/mol. The van der Waals surface area contributed by atoms with Crippen molar-refractivity contribution in [2.75, 3.05) is 0 Å². The summed E-state index contributed by atoms with van der Waals surface area (Å²) in [4.78, 5) is 11.7. The van der Waals surface area contributed by atoms with E-state index < -0.39 is 11.4 Å². The zero-order valence-electron chi connectivity index (χ0n) is 9.95. The lowest BCUT2D eigenvalue weighted by molar-refractivity contribution is -0.145. The SMILES string of the molecule is CC(C(=O)O)(c1ccc(Cl)cc1)C1CCCC1. The van der Waals surface area contributed by atoms with E-state index in [2.05, 4.69) is 0 Å². The average molecular weight is 253 g/mol. The molecule has 1 atom stereocenters. The van der Waals surface area contributed by atoms with E-state index in [4.69, 9.17) is 11.6 Å². The minimum absolute atomic E-state index is 0.237. The summed E-state index contributed by atoms with van der Waals surface area (Å²) < 4.78 is 0. The molecule has 1 saturated carbocycles. The lowest BCUT2D eigenvalue weighted by Crippen LogP contribution is -2.39. The summed E-state index contributed by atoms with van der Waals surface area (Å²) in [7, 11) is 0. The van der Waals surface area contributed by atoms with E-state index in [0.717, 1.165) is 31.2 Å². The Kier molecular flexibility index (Phi) is 3.43. The van der Waals surface area contributed by atoms with Crippen molar-refractivity contribution in [1.82, 2.24) is 0 Å². The molecule has 1 aromatic carbocycles. The zero-order valence-corrected chi connectivity index (χ0v) is 10.7. The molecule has 1 unspecified atom stereocenters. The van der Waals surface area contributed by atoms with Crippen LogP contribution < -0.4 is 0 Å². The molecule has 1 aliphatic carbocycles.